The summed E-state index contributed by atoms with van der Waals surface area (Å²) in [6, 6.07) is 15.1. The molecule has 2 aromatic carbocycles. The van der Waals surface area contributed by atoms with Crippen molar-refractivity contribution in [2.75, 3.05) is 14.2 Å². The quantitative estimate of drug-likeness (QED) is 0.715. The molecule has 26 heavy (non-hydrogen) atoms. The van der Waals surface area contributed by atoms with Crippen LogP contribution in [0.25, 0.3) is 0 Å². The largest absolute Gasteiger partial charge is 0.497 e. The number of carbonyl (C=O) groups excluding carboxylic acids is 1. The van der Waals surface area contributed by atoms with Crippen molar-refractivity contribution < 1.29 is 14.3 Å². The number of aromatic nitrogens is 1. The number of carbonyl (C=O) groups is 1. The van der Waals surface area contributed by atoms with Crippen LogP contribution in [-0.2, 0) is 0 Å². The average Bonchev–Trinajstić information content (AvgIpc) is 3.12. The maximum atomic E-state index is 12.7. The Balaban J connectivity index is 1.94. The Morgan fingerprint density at radius 1 is 0.962 bits per heavy atom. The lowest BCUT2D eigenvalue weighted by Crippen LogP contribution is -2.29. The Bertz CT molecular complexity index is 825. The highest BCUT2D eigenvalue weighted by Crippen LogP contribution is 2.27. The second-order valence-corrected chi connectivity index (χ2v) is 6.57. The van der Waals surface area contributed by atoms with Gasteiger partial charge < -0.3 is 14.8 Å². The third-order valence-corrected chi connectivity index (χ3v) is 5.05. The number of nitrogens with one attached hydrogen (secondary N) is 1. The van der Waals surface area contributed by atoms with Gasteiger partial charge in [-0.2, -0.15) is 0 Å². The molecule has 0 unspecified atom stereocenters. The van der Waals surface area contributed by atoms with Crippen LogP contribution in [0.5, 0.6) is 11.5 Å². The number of rotatable bonds is 6. The van der Waals surface area contributed by atoms with E-state index in [0.717, 1.165) is 28.3 Å². The van der Waals surface area contributed by atoms with Gasteiger partial charge in [-0.05, 0) is 42.3 Å². The zero-order valence-electron chi connectivity index (χ0n) is 14.9. The molecule has 1 aromatic heterocycles. The van der Waals surface area contributed by atoms with E-state index >= 15 is 0 Å². The molecule has 3 aromatic rings. The van der Waals surface area contributed by atoms with Gasteiger partial charge in [-0.25, -0.2) is 4.98 Å². The fourth-order valence-electron chi connectivity index (χ4n) is 2.67. The highest BCUT2D eigenvalue weighted by molar-refractivity contribution is 7.11. The van der Waals surface area contributed by atoms with Crippen LogP contribution in [0, 0.1) is 6.92 Å². The monoisotopic (exact) mass is 368 g/mol. The Hall–Kier alpha value is -2.86. The maximum Gasteiger partial charge on any atom is 0.264 e. The van der Waals surface area contributed by atoms with Crippen molar-refractivity contribution in [1.82, 2.24) is 10.3 Å². The number of methoxy groups -OCH3 is 2. The summed E-state index contributed by atoms with van der Waals surface area (Å²) in [5.74, 6) is 1.40. The first-order chi connectivity index (χ1) is 12.6. The molecule has 6 heteroatoms. The van der Waals surface area contributed by atoms with Crippen molar-refractivity contribution in [1.29, 1.82) is 0 Å². The second-order valence-electron chi connectivity index (χ2n) is 5.72. The Kier molecular flexibility index (Phi) is 5.53. The molecule has 0 spiro atoms. The van der Waals surface area contributed by atoms with E-state index < -0.39 is 0 Å². The SMILES string of the molecule is COc1ccc(C(NC(=O)c2scnc2C)c2ccc(OC)cc2)cc1. The van der Waals surface area contributed by atoms with Gasteiger partial charge in [0, 0.05) is 0 Å². The minimum Gasteiger partial charge on any atom is -0.497 e. The maximum absolute atomic E-state index is 12.7. The molecular formula is C20H20N2O3S. The van der Waals surface area contributed by atoms with Crippen molar-refractivity contribution >= 4 is 17.2 Å². The number of hydrogen-bond acceptors (Lipinski definition) is 5. The van der Waals surface area contributed by atoms with E-state index in [1.807, 2.05) is 55.5 Å². The molecule has 1 heterocycles. The molecule has 0 saturated heterocycles. The van der Waals surface area contributed by atoms with E-state index in [0.29, 0.717) is 4.88 Å². The predicted octanol–water partition coefficient (Wildman–Crippen LogP) is 3.99. The molecule has 5 nitrogen and oxygen atoms in total. The summed E-state index contributed by atoms with van der Waals surface area (Å²) in [5, 5.41) is 3.12. The number of nitrogens with zero attached hydrogens (tertiary/aromatic N) is 1. The third kappa shape index (κ3) is 3.86. The van der Waals surface area contributed by atoms with E-state index in [4.69, 9.17) is 9.47 Å². The van der Waals surface area contributed by atoms with Gasteiger partial charge in [-0.1, -0.05) is 24.3 Å². The molecule has 134 valence electrons. The normalized spacial score (nSPS) is 10.6. The van der Waals surface area contributed by atoms with E-state index in [2.05, 4.69) is 10.3 Å². The van der Waals surface area contributed by atoms with E-state index in [-0.39, 0.29) is 11.9 Å². The number of benzene rings is 2. The fraction of sp³-hybridized carbons (Fsp3) is 0.200. The van der Waals surface area contributed by atoms with Gasteiger partial charge in [0.25, 0.3) is 5.91 Å². The lowest BCUT2D eigenvalue weighted by molar-refractivity contribution is 0.0946. The fourth-order valence-corrected chi connectivity index (χ4v) is 3.37. The van der Waals surface area contributed by atoms with Crippen LogP contribution < -0.4 is 14.8 Å². The number of amides is 1. The number of aryl methyl sites for hydroxylation is 1. The summed E-state index contributed by atoms with van der Waals surface area (Å²) in [4.78, 5) is 17.5. The van der Waals surface area contributed by atoms with Gasteiger partial charge in [0.2, 0.25) is 0 Å². The van der Waals surface area contributed by atoms with Gasteiger partial charge in [0.05, 0.1) is 31.5 Å². The molecule has 0 atom stereocenters. The van der Waals surface area contributed by atoms with Gasteiger partial charge in [0.15, 0.2) is 0 Å². The van der Waals surface area contributed by atoms with Crippen molar-refractivity contribution in [3.05, 3.63) is 75.7 Å². The van der Waals surface area contributed by atoms with Crippen LogP contribution in [-0.4, -0.2) is 25.1 Å². The molecule has 1 N–H and O–H groups in total. The predicted molar refractivity (Wildman–Crippen MR) is 102 cm³/mol. The van der Waals surface area contributed by atoms with Gasteiger partial charge in [-0.15, -0.1) is 11.3 Å². The molecule has 0 radical (unpaired) electrons. The number of hydrogen-bond donors (Lipinski definition) is 1. The third-order valence-electron chi connectivity index (χ3n) is 4.13. The molecule has 3 rings (SSSR count). The summed E-state index contributed by atoms with van der Waals surface area (Å²) in [5.41, 5.74) is 4.34. The molecule has 0 aliphatic heterocycles. The second kappa shape index (κ2) is 8.01. The average molecular weight is 368 g/mol. The zero-order chi connectivity index (χ0) is 18.5. The Morgan fingerprint density at radius 2 is 1.46 bits per heavy atom. The van der Waals surface area contributed by atoms with Crippen molar-refractivity contribution in [2.24, 2.45) is 0 Å². The molecule has 0 saturated carbocycles. The Morgan fingerprint density at radius 3 is 1.85 bits per heavy atom. The lowest BCUT2D eigenvalue weighted by Gasteiger charge is -2.20. The van der Waals surface area contributed by atoms with E-state index in [9.17, 15) is 4.79 Å². The highest BCUT2D eigenvalue weighted by atomic mass is 32.1. The summed E-state index contributed by atoms with van der Waals surface area (Å²) in [6.45, 7) is 1.83. The first-order valence-corrected chi connectivity index (χ1v) is 8.99. The number of ether oxygens (including phenoxy) is 2. The van der Waals surface area contributed by atoms with Gasteiger partial charge >= 0.3 is 0 Å². The zero-order valence-corrected chi connectivity index (χ0v) is 15.7. The van der Waals surface area contributed by atoms with Crippen LogP contribution >= 0.6 is 11.3 Å². The lowest BCUT2D eigenvalue weighted by atomic mass is 9.98. The standard InChI is InChI=1S/C20H20N2O3S/c1-13-19(26-12-21-13)20(23)22-18(14-4-8-16(24-2)9-5-14)15-6-10-17(25-3)11-7-15/h4-12,18H,1-3H3,(H,22,23). The van der Waals surface area contributed by atoms with E-state index in [1.54, 1.807) is 19.7 Å². The van der Waals surface area contributed by atoms with Crippen LogP contribution in [0.4, 0.5) is 0 Å². The van der Waals surface area contributed by atoms with Crippen LogP contribution in [0.1, 0.15) is 32.5 Å². The van der Waals surface area contributed by atoms with E-state index in [1.165, 1.54) is 11.3 Å². The minimum absolute atomic E-state index is 0.137. The summed E-state index contributed by atoms with van der Waals surface area (Å²) >= 11 is 1.34. The minimum atomic E-state index is -0.291. The van der Waals surface area contributed by atoms with Crippen molar-refractivity contribution in [2.45, 2.75) is 13.0 Å². The van der Waals surface area contributed by atoms with Gasteiger partial charge in [0.1, 0.15) is 16.4 Å². The highest BCUT2D eigenvalue weighted by Gasteiger charge is 2.20. The van der Waals surface area contributed by atoms with Gasteiger partial charge in [-0.3, -0.25) is 4.79 Å². The molecule has 0 fully saturated rings. The van der Waals surface area contributed by atoms with Crippen LogP contribution in [0.15, 0.2) is 54.0 Å². The molecule has 0 bridgehead atoms. The van der Waals surface area contributed by atoms with Crippen LogP contribution in [0.2, 0.25) is 0 Å². The summed E-state index contributed by atoms with van der Waals surface area (Å²) in [6.07, 6.45) is 0. The first kappa shape index (κ1) is 17.9. The smallest absolute Gasteiger partial charge is 0.264 e. The molecule has 0 aliphatic carbocycles. The molecule has 1 amide bonds. The van der Waals surface area contributed by atoms with Crippen LogP contribution in [0.3, 0.4) is 0 Å². The topological polar surface area (TPSA) is 60.5 Å². The van der Waals surface area contributed by atoms with Crippen molar-refractivity contribution in [3.63, 3.8) is 0 Å². The molecular weight excluding hydrogens is 348 g/mol. The Labute approximate surface area is 156 Å². The first-order valence-electron chi connectivity index (χ1n) is 8.11. The number of thiazole rings is 1. The molecule has 0 aliphatic rings. The summed E-state index contributed by atoms with van der Waals surface area (Å²) in [7, 11) is 3.26. The van der Waals surface area contributed by atoms with Crippen molar-refractivity contribution in [3.8, 4) is 11.5 Å². The summed E-state index contributed by atoms with van der Waals surface area (Å²) < 4.78 is 10.5.